The molecule has 3 nitrogen and oxygen atoms in total. The van der Waals surface area contributed by atoms with E-state index in [9.17, 15) is 12.8 Å². The molecule has 1 N–H and O–H groups in total. The molecule has 1 atom stereocenters. The molecule has 0 bridgehead atoms. The van der Waals surface area contributed by atoms with Crippen molar-refractivity contribution in [2.24, 2.45) is 5.92 Å². The van der Waals surface area contributed by atoms with Gasteiger partial charge in [-0.25, -0.2) is 12.8 Å². The Morgan fingerprint density at radius 3 is 2.88 bits per heavy atom. The average Bonchev–Trinajstić information content (AvgIpc) is 2.30. The first-order chi connectivity index (χ1) is 8.08. The quantitative estimate of drug-likeness (QED) is 0.894. The molecular formula is C12H16FNO2S. The first-order valence-corrected chi connectivity index (χ1v) is 7.42. The first kappa shape index (κ1) is 12.5. The van der Waals surface area contributed by atoms with E-state index in [1.165, 1.54) is 18.2 Å². The number of nitrogens with one attached hydrogen (secondary N) is 1. The second-order valence-electron chi connectivity index (χ2n) is 4.45. The third-order valence-corrected chi connectivity index (χ3v) is 4.89. The lowest BCUT2D eigenvalue weighted by Gasteiger charge is -2.22. The van der Waals surface area contributed by atoms with Gasteiger partial charge in [0.1, 0.15) is 5.82 Å². The van der Waals surface area contributed by atoms with Crippen LogP contribution in [0.4, 0.5) is 4.39 Å². The fourth-order valence-electron chi connectivity index (χ4n) is 2.13. The molecule has 17 heavy (non-hydrogen) atoms. The van der Waals surface area contributed by atoms with Crippen LogP contribution in [0.1, 0.15) is 12.8 Å². The molecule has 0 saturated carbocycles. The molecule has 5 heteroatoms. The highest BCUT2D eigenvalue weighted by atomic mass is 32.2. The summed E-state index contributed by atoms with van der Waals surface area (Å²) < 4.78 is 37.1. The van der Waals surface area contributed by atoms with Crippen molar-refractivity contribution >= 4 is 9.84 Å². The smallest absolute Gasteiger partial charge is 0.178 e. The van der Waals surface area contributed by atoms with Crippen molar-refractivity contribution in [3.05, 3.63) is 30.1 Å². The topological polar surface area (TPSA) is 46.2 Å². The van der Waals surface area contributed by atoms with Gasteiger partial charge < -0.3 is 5.32 Å². The van der Waals surface area contributed by atoms with Gasteiger partial charge in [0.2, 0.25) is 0 Å². The summed E-state index contributed by atoms with van der Waals surface area (Å²) in [6, 6.07) is 5.22. The molecule has 0 amide bonds. The number of halogens is 1. The third-order valence-electron chi connectivity index (χ3n) is 3.01. The van der Waals surface area contributed by atoms with Crippen molar-refractivity contribution in [3.8, 4) is 0 Å². The van der Waals surface area contributed by atoms with Gasteiger partial charge in [0.15, 0.2) is 9.84 Å². The number of piperidine rings is 1. The van der Waals surface area contributed by atoms with Crippen LogP contribution in [0.25, 0.3) is 0 Å². The van der Waals surface area contributed by atoms with Crippen LogP contribution in [0.5, 0.6) is 0 Å². The van der Waals surface area contributed by atoms with Crippen LogP contribution < -0.4 is 5.32 Å². The van der Waals surface area contributed by atoms with Gasteiger partial charge in [-0.05, 0) is 50.0 Å². The van der Waals surface area contributed by atoms with Crippen molar-refractivity contribution in [2.45, 2.75) is 17.7 Å². The summed E-state index contributed by atoms with van der Waals surface area (Å²) in [6.07, 6.45) is 1.92. The molecule has 0 spiro atoms. The highest BCUT2D eigenvalue weighted by Gasteiger charge is 2.23. The molecular weight excluding hydrogens is 241 g/mol. The van der Waals surface area contributed by atoms with Crippen LogP contribution >= 0.6 is 0 Å². The lowest BCUT2D eigenvalue weighted by molar-refractivity contribution is 0.404. The highest BCUT2D eigenvalue weighted by Crippen LogP contribution is 2.19. The number of hydrogen-bond donors (Lipinski definition) is 1. The molecule has 1 aromatic carbocycles. The predicted octanol–water partition coefficient (Wildman–Crippen LogP) is 1.60. The van der Waals surface area contributed by atoms with Crippen molar-refractivity contribution in [2.75, 3.05) is 18.8 Å². The summed E-state index contributed by atoms with van der Waals surface area (Å²) in [7, 11) is -3.36. The molecule has 1 aliphatic rings. The Labute approximate surface area is 101 Å². The van der Waals surface area contributed by atoms with E-state index in [0.29, 0.717) is 0 Å². The standard InChI is InChI=1S/C12H16FNO2S/c13-11-4-1-5-12(7-11)17(15,16)9-10-3-2-6-14-8-10/h1,4-5,7,10,14H,2-3,6,8-9H2/t10-/m1/s1. The fourth-order valence-corrected chi connectivity index (χ4v) is 3.81. The van der Waals surface area contributed by atoms with Gasteiger partial charge in [-0.2, -0.15) is 0 Å². The summed E-state index contributed by atoms with van der Waals surface area (Å²) in [5, 5.41) is 3.18. The van der Waals surface area contributed by atoms with Gasteiger partial charge in [0.25, 0.3) is 0 Å². The zero-order valence-corrected chi connectivity index (χ0v) is 10.3. The normalized spacial score (nSPS) is 21.4. The van der Waals surface area contributed by atoms with Gasteiger partial charge >= 0.3 is 0 Å². The van der Waals surface area contributed by atoms with Crippen molar-refractivity contribution in [3.63, 3.8) is 0 Å². The van der Waals surface area contributed by atoms with Crippen LogP contribution in [-0.4, -0.2) is 27.3 Å². The van der Waals surface area contributed by atoms with E-state index >= 15 is 0 Å². The Morgan fingerprint density at radius 2 is 2.24 bits per heavy atom. The Balaban J connectivity index is 2.13. The Hall–Kier alpha value is -0.940. The molecule has 1 saturated heterocycles. The summed E-state index contributed by atoms with van der Waals surface area (Å²) in [5.41, 5.74) is 0. The third kappa shape index (κ3) is 3.26. The van der Waals surface area contributed by atoms with Gasteiger partial charge in [-0.3, -0.25) is 0 Å². The van der Waals surface area contributed by atoms with E-state index < -0.39 is 15.7 Å². The zero-order valence-electron chi connectivity index (χ0n) is 9.52. The molecule has 0 radical (unpaired) electrons. The number of hydrogen-bond acceptors (Lipinski definition) is 3. The average molecular weight is 257 g/mol. The molecule has 1 aromatic rings. The number of benzene rings is 1. The summed E-state index contributed by atoms with van der Waals surface area (Å²) >= 11 is 0. The SMILES string of the molecule is O=S(=O)(C[C@@H]1CCCNC1)c1cccc(F)c1. The van der Waals surface area contributed by atoms with E-state index in [0.717, 1.165) is 32.0 Å². The minimum atomic E-state index is -3.36. The molecule has 94 valence electrons. The maximum absolute atomic E-state index is 13.0. The van der Waals surface area contributed by atoms with E-state index in [2.05, 4.69) is 5.32 Å². The maximum atomic E-state index is 13.0. The van der Waals surface area contributed by atoms with Crippen molar-refractivity contribution in [1.29, 1.82) is 0 Å². The molecule has 1 aliphatic heterocycles. The molecule has 1 heterocycles. The van der Waals surface area contributed by atoms with Crippen molar-refractivity contribution < 1.29 is 12.8 Å². The minimum absolute atomic E-state index is 0.0862. The Morgan fingerprint density at radius 1 is 1.41 bits per heavy atom. The molecule has 2 rings (SSSR count). The van der Waals surface area contributed by atoms with Crippen LogP contribution in [0.2, 0.25) is 0 Å². The molecule has 0 unspecified atom stereocenters. The number of sulfone groups is 1. The monoisotopic (exact) mass is 257 g/mol. The van der Waals surface area contributed by atoms with Crippen LogP contribution in [0, 0.1) is 11.7 Å². The predicted molar refractivity (Wildman–Crippen MR) is 64.0 cm³/mol. The second kappa shape index (κ2) is 5.14. The van der Waals surface area contributed by atoms with Crippen molar-refractivity contribution in [1.82, 2.24) is 5.32 Å². The first-order valence-electron chi connectivity index (χ1n) is 5.77. The molecule has 0 aromatic heterocycles. The summed E-state index contributed by atoms with van der Waals surface area (Å²) in [5.74, 6) is -0.270. The maximum Gasteiger partial charge on any atom is 0.178 e. The number of rotatable bonds is 3. The highest BCUT2D eigenvalue weighted by molar-refractivity contribution is 7.91. The second-order valence-corrected chi connectivity index (χ2v) is 6.49. The van der Waals surface area contributed by atoms with Gasteiger partial charge in [0, 0.05) is 0 Å². The minimum Gasteiger partial charge on any atom is -0.316 e. The Bertz CT molecular complexity index is 481. The van der Waals surface area contributed by atoms with Crippen LogP contribution in [-0.2, 0) is 9.84 Å². The lowest BCUT2D eigenvalue weighted by atomic mass is 10.0. The molecule has 0 aliphatic carbocycles. The Kier molecular flexibility index (Phi) is 3.79. The lowest BCUT2D eigenvalue weighted by Crippen LogP contribution is -2.33. The van der Waals surface area contributed by atoms with Gasteiger partial charge in [-0.1, -0.05) is 6.07 Å². The van der Waals surface area contributed by atoms with Gasteiger partial charge in [-0.15, -0.1) is 0 Å². The van der Waals surface area contributed by atoms with E-state index in [-0.39, 0.29) is 16.6 Å². The summed E-state index contributed by atoms with van der Waals surface area (Å²) in [6.45, 7) is 1.69. The summed E-state index contributed by atoms with van der Waals surface area (Å²) in [4.78, 5) is 0.0862. The van der Waals surface area contributed by atoms with E-state index in [1.807, 2.05) is 0 Å². The van der Waals surface area contributed by atoms with Crippen LogP contribution in [0.3, 0.4) is 0 Å². The van der Waals surface area contributed by atoms with Crippen LogP contribution in [0.15, 0.2) is 29.2 Å². The largest absolute Gasteiger partial charge is 0.316 e. The van der Waals surface area contributed by atoms with Gasteiger partial charge in [0.05, 0.1) is 10.6 Å². The molecule has 1 fully saturated rings. The van der Waals surface area contributed by atoms with E-state index in [4.69, 9.17) is 0 Å². The zero-order chi connectivity index (χ0) is 12.3. The fraction of sp³-hybridized carbons (Fsp3) is 0.500. The van der Waals surface area contributed by atoms with E-state index in [1.54, 1.807) is 0 Å².